The number of hydrogen-bond donors (Lipinski definition) is 1. The topological polar surface area (TPSA) is 55.0 Å². The summed E-state index contributed by atoms with van der Waals surface area (Å²) in [5.74, 6) is 0.258. The maximum atomic E-state index is 13.7. The summed E-state index contributed by atoms with van der Waals surface area (Å²) in [6, 6.07) is 4.70. The Balaban J connectivity index is 1.70. The highest BCUT2D eigenvalue weighted by Crippen LogP contribution is 2.33. The van der Waals surface area contributed by atoms with E-state index >= 15 is 0 Å². The van der Waals surface area contributed by atoms with Gasteiger partial charge in [-0.05, 0) is 55.0 Å². The third kappa shape index (κ3) is 2.98. The Morgan fingerprint density at radius 1 is 1.28 bits per heavy atom. The van der Waals surface area contributed by atoms with Crippen LogP contribution in [0.3, 0.4) is 0 Å². The molecule has 1 aliphatic carbocycles. The van der Waals surface area contributed by atoms with E-state index in [-0.39, 0.29) is 11.3 Å². The van der Waals surface area contributed by atoms with Crippen molar-refractivity contribution in [1.29, 1.82) is 0 Å². The Kier molecular flexibility index (Phi) is 4.13. The molecule has 1 N–H and O–H groups in total. The average molecular weight is 356 g/mol. The van der Waals surface area contributed by atoms with Crippen molar-refractivity contribution in [3.05, 3.63) is 56.2 Å². The Bertz CT molecular complexity index is 1040. The van der Waals surface area contributed by atoms with E-state index in [0.717, 1.165) is 29.5 Å². The summed E-state index contributed by atoms with van der Waals surface area (Å²) in [5.41, 5.74) is 1.75. The van der Waals surface area contributed by atoms with Crippen LogP contribution in [0, 0.1) is 5.82 Å². The normalized spacial score (nSPS) is 14.2. The van der Waals surface area contributed by atoms with Gasteiger partial charge in [0.1, 0.15) is 10.7 Å². The van der Waals surface area contributed by atoms with Gasteiger partial charge in [-0.1, -0.05) is 12.1 Å². The van der Waals surface area contributed by atoms with Gasteiger partial charge in [0.2, 0.25) is 0 Å². The summed E-state index contributed by atoms with van der Waals surface area (Å²) < 4.78 is 18.7. The van der Waals surface area contributed by atoms with E-state index in [2.05, 4.69) is 9.97 Å². The fourth-order valence-electron chi connectivity index (χ4n) is 3.22. The van der Waals surface area contributed by atoms with Crippen molar-refractivity contribution < 1.29 is 9.13 Å². The predicted molar refractivity (Wildman–Crippen MR) is 98.8 cm³/mol. The van der Waals surface area contributed by atoms with E-state index in [9.17, 15) is 9.18 Å². The van der Waals surface area contributed by atoms with Gasteiger partial charge < -0.3 is 9.72 Å². The van der Waals surface area contributed by atoms with Crippen LogP contribution < -0.4 is 10.3 Å². The second-order valence-corrected chi connectivity index (χ2v) is 7.15. The number of thiophene rings is 1. The van der Waals surface area contributed by atoms with Crippen LogP contribution in [-0.2, 0) is 12.8 Å². The Morgan fingerprint density at radius 3 is 2.92 bits per heavy atom. The summed E-state index contributed by atoms with van der Waals surface area (Å²) in [5, 5.41) is 0.743. The molecule has 0 spiro atoms. The molecular weight excluding hydrogens is 339 g/mol. The number of aryl methyl sites for hydroxylation is 2. The lowest BCUT2D eigenvalue weighted by Gasteiger charge is -2.09. The highest BCUT2D eigenvalue weighted by molar-refractivity contribution is 7.18. The molecule has 0 saturated carbocycles. The molecule has 2 heterocycles. The molecular formula is C19H17FN2O2S. The summed E-state index contributed by atoms with van der Waals surface area (Å²) >= 11 is 1.62. The third-order valence-corrected chi connectivity index (χ3v) is 5.64. The number of nitrogens with one attached hydrogen (secondary N) is 1. The minimum atomic E-state index is -0.424. The van der Waals surface area contributed by atoms with Crippen LogP contribution in [0.15, 0.2) is 23.0 Å². The van der Waals surface area contributed by atoms with Gasteiger partial charge in [0.15, 0.2) is 11.6 Å². The van der Waals surface area contributed by atoms with Crippen LogP contribution in [0.2, 0.25) is 0 Å². The van der Waals surface area contributed by atoms with Crippen LogP contribution in [0.25, 0.3) is 22.4 Å². The van der Waals surface area contributed by atoms with Gasteiger partial charge in [0.25, 0.3) is 5.56 Å². The number of fused-ring (bicyclic) bond motifs is 3. The first-order valence-electron chi connectivity index (χ1n) is 8.22. The summed E-state index contributed by atoms with van der Waals surface area (Å²) in [6.07, 6.45) is 7.71. The van der Waals surface area contributed by atoms with Crippen LogP contribution in [0.4, 0.5) is 4.39 Å². The van der Waals surface area contributed by atoms with Crippen molar-refractivity contribution in [2.45, 2.75) is 25.7 Å². The van der Waals surface area contributed by atoms with Gasteiger partial charge in [-0.2, -0.15) is 0 Å². The first-order valence-corrected chi connectivity index (χ1v) is 9.03. The van der Waals surface area contributed by atoms with Crippen molar-refractivity contribution in [3.8, 4) is 5.75 Å². The molecule has 25 heavy (non-hydrogen) atoms. The second kappa shape index (κ2) is 6.44. The number of nitrogens with zero attached hydrogens (tertiary/aromatic N) is 1. The first kappa shape index (κ1) is 16.0. The molecule has 3 aromatic rings. The highest BCUT2D eigenvalue weighted by Gasteiger charge is 2.19. The molecule has 0 amide bonds. The third-order valence-electron chi connectivity index (χ3n) is 4.45. The van der Waals surface area contributed by atoms with Crippen molar-refractivity contribution >= 4 is 33.7 Å². The van der Waals surface area contributed by atoms with Gasteiger partial charge in [-0.15, -0.1) is 11.3 Å². The molecule has 0 aliphatic heterocycles. The number of aromatic amines is 1. The number of benzene rings is 1. The molecule has 0 fully saturated rings. The summed E-state index contributed by atoms with van der Waals surface area (Å²) in [7, 11) is 1.43. The molecule has 4 nitrogen and oxygen atoms in total. The van der Waals surface area contributed by atoms with E-state index in [1.54, 1.807) is 35.6 Å². The van der Waals surface area contributed by atoms with E-state index < -0.39 is 5.82 Å². The summed E-state index contributed by atoms with van der Waals surface area (Å²) in [4.78, 5) is 22.0. The minimum absolute atomic E-state index is 0.0926. The lowest BCUT2D eigenvalue weighted by molar-refractivity contribution is 0.386. The standard InChI is InChI=1S/C19H17FN2O2S/c1-24-14-8-6-11(10-13(14)20)7-9-16-21-18(23)17-12-4-2-3-5-15(12)25-19(17)22-16/h6-10H,2-5H2,1H3,(H,21,22,23)/b9-7+. The monoisotopic (exact) mass is 356 g/mol. The quantitative estimate of drug-likeness (QED) is 0.766. The Labute approximate surface area is 148 Å². The average Bonchev–Trinajstić information content (AvgIpc) is 2.99. The van der Waals surface area contributed by atoms with Gasteiger partial charge in [0.05, 0.1) is 12.5 Å². The van der Waals surface area contributed by atoms with Crippen molar-refractivity contribution in [1.82, 2.24) is 9.97 Å². The van der Waals surface area contributed by atoms with Crippen molar-refractivity contribution in [2.24, 2.45) is 0 Å². The molecule has 0 bridgehead atoms. The molecule has 2 aromatic heterocycles. The van der Waals surface area contributed by atoms with Crippen LogP contribution in [-0.4, -0.2) is 17.1 Å². The summed E-state index contributed by atoms with van der Waals surface area (Å²) in [6.45, 7) is 0. The zero-order valence-electron chi connectivity index (χ0n) is 13.8. The van der Waals surface area contributed by atoms with Crippen molar-refractivity contribution in [2.75, 3.05) is 7.11 Å². The number of aromatic nitrogens is 2. The number of H-pyrrole nitrogens is 1. The highest BCUT2D eigenvalue weighted by atomic mass is 32.1. The number of hydrogen-bond acceptors (Lipinski definition) is 4. The SMILES string of the molecule is COc1ccc(/C=C/c2nc3sc4c(c3c(=O)[nH]2)CCCC4)cc1F. The van der Waals surface area contributed by atoms with Gasteiger partial charge in [-0.3, -0.25) is 4.79 Å². The zero-order valence-corrected chi connectivity index (χ0v) is 14.6. The maximum Gasteiger partial charge on any atom is 0.260 e. The molecule has 0 atom stereocenters. The van der Waals surface area contributed by atoms with Crippen LogP contribution >= 0.6 is 11.3 Å². The number of rotatable bonds is 3. The number of ether oxygens (including phenoxy) is 1. The molecule has 1 aromatic carbocycles. The second-order valence-electron chi connectivity index (χ2n) is 6.07. The minimum Gasteiger partial charge on any atom is -0.494 e. The molecule has 0 radical (unpaired) electrons. The van der Waals surface area contributed by atoms with E-state index in [4.69, 9.17) is 4.74 Å². The largest absolute Gasteiger partial charge is 0.494 e. The molecule has 0 unspecified atom stereocenters. The predicted octanol–water partition coefficient (Wildman–Crippen LogP) is 4.18. The number of methoxy groups -OCH3 is 1. The molecule has 6 heteroatoms. The molecule has 1 aliphatic rings. The van der Waals surface area contributed by atoms with Gasteiger partial charge in [-0.25, -0.2) is 9.37 Å². The lowest BCUT2D eigenvalue weighted by Crippen LogP contribution is -2.11. The van der Waals surface area contributed by atoms with Crippen LogP contribution in [0.1, 0.15) is 34.7 Å². The zero-order chi connectivity index (χ0) is 17.4. The van der Waals surface area contributed by atoms with E-state index in [1.165, 1.54) is 30.0 Å². The van der Waals surface area contributed by atoms with E-state index in [0.29, 0.717) is 11.4 Å². The molecule has 128 valence electrons. The van der Waals surface area contributed by atoms with Gasteiger partial charge >= 0.3 is 0 Å². The fraction of sp³-hybridized carbons (Fsp3) is 0.263. The lowest BCUT2D eigenvalue weighted by atomic mass is 9.97. The molecule has 4 rings (SSSR count). The maximum absolute atomic E-state index is 13.7. The van der Waals surface area contributed by atoms with Crippen molar-refractivity contribution in [3.63, 3.8) is 0 Å². The van der Waals surface area contributed by atoms with Crippen LogP contribution in [0.5, 0.6) is 5.75 Å². The molecule has 0 saturated heterocycles. The smallest absolute Gasteiger partial charge is 0.260 e. The van der Waals surface area contributed by atoms with E-state index in [1.807, 2.05) is 0 Å². The number of halogens is 1. The Hall–Kier alpha value is -2.47. The Morgan fingerprint density at radius 2 is 2.12 bits per heavy atom. The fourth-order valence-corrected chi connectivity index (χ4v) is 4.49. The first-order chi connectivity index (χ1) is 12.2. The van der Waals surface area contributed by atoms with Gasteiger partial charge in [0, 0.05) is 4.88 Å².